The van der Waals surface area contributed by atoms with E-state index < -0.39 is 0 Å². The SMILES string of the molecule is COc1ccc(C(=O)c2ccncc2N)cc1Br. The molecule has 0 amide bonds. The quantitative estimate of drug-likeness (QED) is 0.885. The highest BCUT2D eigenvalue weighted by Gasteiger charge is 2.13. The number of ether oxygens (including phenoxy) is 1. The molecular formula is C13H11BrN2O2. The van der Waals surface area contributed by atoms with Gasteiger partial charge in [0.05, 0.1) is 23.5 Å². The Morgan fingerprint density at radius 1 is 1.39 bits per heavy atom. The number of rotatable bonds is 3. The summed E-state index contributed by atoms with van der Waals surface area (Å²) in [6, 6.07) is 6.75. The molecule has 0 radical (unpaired) electrons. The van der Waals surface area contributed by atoms with Crippen LogP contribution in [0, 0.1) is 0 Å². The van der Waals surface area contributed by atoms with Crippen molar-refractivity contribution in [2.45, 2.75) is 0 Å². The molecule has 1 aromatic heterocycles. The summed E-state index contributed by atoms with van der Waals surface area (Å²) in [7, 11) is 1.57. The lowest BCUT2D eigenvalue weighted by atomic mass is 10.0. The van der Waals surface area contributed by atoms with Gasteiger partial charge in [-0.3, -0.25) is 9.78 Å². The predicted molar refractivity (Wildman–Crippen MR) is 72.8 cm³/mol. The van der Waals surface area contributed by atoms with E-state index in [4.69, 9.17) is 10.5 Å². The number of nitrogen functional groups attached to an aromatic ring is 1. The van der Waals surface area contributed by atoms with Crippen molar-refractivity contribution < 1.29 is 9.53 Å². The van der Waals surface area contributed by atoms with E-state index >= 15 is 0 Å². The number of halogens is 1. The molecule has 0 unspecified atom stereocenters. The van der Waals surface area contributed by atoms with Gasteiger partial charge in [-0.05, 0) is 40.2 Å². The molecule has 0 saturated carbocycles. The van der Waals surface area contributed by atoms with Crippen LogP contribution in [0.1, 0.15) is 15.9 Å². The molecule has 0 aliphatic rings. The Kier molecular flexibility index (Phi) is 3.62. The summed E-state index contributed by atoms with van der Waals surface area (Å²) < 4.78 is 5.84. The van der Waals surface area contributed by atoms with E-state index in [0.29, 0.717) is 22.6 Å². The van der Waals surface area contributed by atoms with Crippen LogP contribution >= 0.6 is 15.9 Å². The van der Waals surface area contributed by atoms with Gasteiger partial charge in [0.2, 0.25) is 0 Å². The largest absolute Gasteiger partial charge is 0.496 e. The molecule has 0 aliphatic heterocycles. The number of benzene rings is 1. The van der Waals surface area contributed by atoms with Crippen LogP contribution in [0.25, 0.3) is 0 Å². The highest BCUT2D eigenvalue weighted by Crippen LogP contribution is 2.27. The Balaban J connectivity index is 2.41. The molecule has 0 atom stereocenters. The number of ketones is 1. The number of anilines is 1. The van der Waals surface area contributed by atoms with E-state index in [1.165, 1.54) is 6.20 Å². The van der Waals surface area contributed by atoms with Gasteiger partial charge in [-0.15, -0.1) is 0 Å². The van der Waals surface area contributed by atoms with Crippen molar-refractivity contribution in [3.8, 4) is 5.75 Å². The summed E-state index contributed by atoms with van der Waals surface area (Å²) in [5, 5.41) is 0. The van der Waals surface area contributed by atoms with Crippen LogP contribution in [0.5, 0.6) is 5.75 Å². The number of carbonyl (C=O) groups is 1. The van der Waals surface area contributed by atoms with Gasteiger partial charge in [0.1, 0.15) is 5.75 Å². The molecule has 0 fully saturated rings. The zero-order chi connectivity index (χ0) is 13.1. The van der Waals surface area contributed by atoms with Crippen LogP contribution in [0.2, 0.25) is 0 Å². The molecule has 2 N–H and O–H groups in total. The first-order chi connectivity index (χ1) is 8.63. The van der Waals surface area contributed by atoms with Crippen molar-refractivity contribution >= 4 is 27.4 Å². The Bertz CT molecular complexity index is 599. The lowest BCUT2D eigenvalue weighted by Gasteiger charge is -2.07. The standard InChI is InChI=1S/C13H11BrN2O2/c1-18-12-3-2-8(6-10(12)14)13(17)9-4-5-16-7-11(9)15/h2-7H,15H2,1H3. The third-order valence-electron chi connectivity index (χ3n) is 2.51. The molecule has 18 heavy (non-hydrogen) atoms. The summed E-state index contributed by atoms with van der Waals surface area (Å²) in [5.74, 6) is 0.535. The second-order valence-electron chi connectivity index (χ2n) is 3.64. The van der Waals surface area contributed by atoms with E-state index in [9.17, 15) is 4.79 Å². The molecule has 2 rings (SSSR count). The van der Waals surface area contributed by atoms with Crippen molar-refractivity contribution in [3.63, 3.8) is 0 Å². The number of nitrogens with zero attached hydrogens (tertiary/aromatic N) is 1. The molecule has 0 spiro atoms. The number of methoxy groups -OCH3 is 1. The maximum absolute atomic E-state index is 12.2. The van der Waals surface area contributed by atoms with Gasteiger partial charge in [-0.25, -0.2) is 0 Å². The summed E-state index contributed by atoms with van der Waals surface area (Å²) in [6.07, 6.45) is 3.01. The molecule has 92 valence electrons. The summed E-state index contributed by atoms with van der Waals surface area (Å²) in [6.45, 7) is 0. The lowest BCUT2D eigenvalue weighted by Crippen LogP contribution is -2.05. The second kappa shape index (κ2) is 5.18. The van der Waals surface area contributed by atoms with E-state index in [1.54, 1.807) is 37.6 Å². The van der Waals surface area contributed by atoms with Crippen molar-refractivity contribution in [1.82, 2.24) is 4.98 Å². The van der Waals surface area contributed by atoms with E-state index in [1.807, 2.05) is 0 Å². The number of aromatic nitrogens is 1. The molecule has 1 heterocycles. The number of hydrogen-bond acceptors (Lipinski definition) is 4. The monoisotopic (exact) mass is 306 g/mol. The molecule has 2 aromatic rings. The summed E-state index contributed by atoms with van der Waals surface area (Å²) in [5.41, 5.74) is 7.09. The fraction of sp³-hybridized carbons (Fsp3) is 0.0769. The Labute approximate surface area is 113 Å². The zero-order valence-corrected chi connectivity index (χ0v) is 11.3. The third-order valence-corrected chi connectivity index (χ3v) is 3.13. The van der Waals surface area contributed by atoms with Crippen LogP contribution in [-0.4, -0.2) is 17.9 Å². The number of carbonyl (C=O) groups excluding carboxylic acids is 1. The van der Waals surface area contributed by atoms with Gasteiger partial charge in [0.25, 0.3) is 0 Å². The first kappa shape index (κ1) is 12.6. The molecule has 0 bridgehead atoms. The third kappa shape index (κ3) is 2.36. The first-order valence-electron chi connectivity index (χ1n) is 5.21. The molecular weight excluding hydrogens is 296 g/mol. The first-order valence-corrected chi connectivity index (χ1v) is 6.00. The van der Waals surface area contributed by atoms with Crippen molar-refractivity contribution in [1.29, 1.82) is 0 Å². The highest BCUT2D eigenvalue weighted by molar-refractivity contribution is 9.10. The number of pyridine rings is 1. The Morgan fingerprint density at radius 2 is 2.17 bits per heavy atom. The maximum Gasteiger partial charge on any atom is 0.195 e. The predicted octanol–water partition coefficient (Wildman–Crippen LogP) is 2.67. The average molecular weight is 307 g/mol. The Hall–Kier alpha value is -1.88. The topological polar surface area (TPSA) is 65.2 Å². The Morgan fingerprint density at radius 3 is 2.78 bits per heavy atom. The highest BCUT2D eigenvalue weighted by atomic mass is 79.9. The van der Waals surface area contributed by atoms with Crippen LogP contribution < -0.4 is 10.5 Å². The van der Waals surface area contributed by atoms with Gasteiger partial charge < -0.3 is 10.5 Å². The second-order valence-corrected chi connectivity index (χ2v) is 4.50. The molecule has 5 heteroatoms. The van der Waals surface area contributed by atoms with Crippen LogP contribution in [0.15, 0.2) is 41.1 Å². The van der Waals surface area contributed by atoms with Crippen molar-refractivity contribution in [3.05, 3.63) is 52.3 Å². The summed E-state index contributed by atoms with van der Waals surface area (Å²) in [4.78, 5) is 16.1. The fourth-order valence-corrected chi connectivity index (χ4v) is 2.12. The normalized spacial score (nSPS) is 10.1. The van der Waals surface area contributed by atoms with Crippen molar-refractivity contribution in [2.75, 3.05) is 12.8 Å². The van der Waals surface area contributed by atoms with Crippen LogP contribution in [0.4, 0.5) is 5.69 Å². The lowest BCUT2D eigenvalue weighted by molar-refractivity contribution is 0.103. The van der Waals surface area contributed by atoms with Gasteiger partial charge >= 0.3 is 0 Å². The minimum absolute atomic E-state index is 0.141. The molecule has 1 aromatic carbocycles. The number of nitrogens with two attached hydrogens (primary N) is 1. The average Bonchev–Trinajstić information content (AvgIpc) is 2.38. The van der Waals surface area contributed by atoms with E-state index in [0.717, 1.165) is 4.47 Å². The summed E-state index contributed by atoms with van der Waals surface area (Å²) >= 11 is 3.35. The van der Waals surface area contributed by atoms with Gasteiger partial charge in [0.15, 0.2) is 5.78 Å². The number of hydrogen-bond donors (Lipinski definition) is 1. The van der Waals surface area contributed by atoms with Gasteiger partial charge in [-0.1, -0.05) is 0 Å². The van der Waals surface area contributed by atoms with Crippen molar-refractivity contribution in [2.24, 2.45) is 0 Å². The van der Waals surface area contributed by atoms with Crippen LogP contribution in [0.3, 0.4) is 0 Å². The van der Waals surface area contributed by atoms with Gasteiger partial charge in [-0.2, -0.15) is 0 Å². The van der Waals surface area contributed by atoms with E-state index in [2.05, 4.69) is 20.9 Å². The molecule has 0 saturated heterocycles. The van der Waals surface area contributed by atoms with Gasteiger partial charge in [0, 0.05) is 17.3 Å². The molecule has 4 nitrogen and oxygen atoms in total. The smallest absolute Gasteiger partial charge is 0.195 e. The minimum atomic E-state index is -0.141. The zero-order valence-electron chi connectivity index (χ0n) is 9.68. The minimum Gasteiger partial charge on any atom is -0.496 e. The van der Waals surface area contributed by atoms with E-state index in [-0.39, 0.29) is 5.78 Å². The molecule has 0 aliphatic carbocycles. The van der Waals surface area contributed by atoms with Crippen LogP contribution in [-0.2, 0) is 0 Å². The maximum atomic E-state index is 12.2. The fourth-order valence-electron chi connectivity index (χ4n) is 1.58.